The highest BCUT2D eigenvalue weighted by Gasteiger charge is 2.53. The van der Waals surface area contributed by atoms with E-state index in [0.29, 0.717) is 5.75 Å². The summed E-state index contributed by atoms with van der Waals surface area (Å²) >= 11 is 2.11. The molecule has 2 aliphatic rings. The number of carbonyl (C=O) groups excluding carboxylic acids is 3. The fourth-order valence-electron chi connectivity index (χ4n) is 2.82. The third kappa shape index (κ3) is 5.42. The van der Waals surface area contributed by atoms with Crippen molar-refractivity contribution in [1.29, 1.82) is 0 Å². The van der Waals surface area contributed by atoms with Crippen LogP contribution >= 0.6 is 23.3 Å². The van der Waals surface area contributed by atoms with Crippen LogP contribution in [0.1, 0.15) is 33.5 Å². The number of carbonyl (C=O) groups is 4. The summed E-state index contributed by atoms with van der Waals surface area (Å²) in [6.45, 7) is 6.46. The number of esters is 1. The summed E-state index contributed by atoms with van der Waals surface area (Å²) in [5.41, 5.74) is 4.31. The van der Waals surface area contributed by atoms with Crippen molar-refractivity contribution in [3.8, 4) is 0 Å². The number of oxime groups is 1. The van der Waals surface area contributed by atoms with Gasteiger partial charge in [-0.15, -0.1) is 11.8 Å². The molecule has 3 unspecified atom stereocenters. The Balaban J connectivity index is 1.75. The third-order valence-corrected chi connectivity index (χ3v) is 5.99. The topological polar surface area (TPSA) is 186 Å². The van der Waals surface area contributed by atoms with Gasteiger partial charge >= 0.3 is 11.9 Å². The second-order valence-corrected chi connectivity index (χ2v) is 9.89. The van der Waals surface area contributed by atoms with Gasteiger partial charge in [-0.1, -0.05) is 5.16 Å². The molecule has 1 aromatic heterocycles. The van der Waals surface area contributed by atoms with Crippen molar-refractivity contribution in [2.75, 3.05) is 11.5 Å². The van der Waals surface area contributed by atoms with Gasteiger partial charge in [-0.3, -0.25) is 14.5 Å². The van der Waals surface area contributed by atoms with Crippen molar-refractivity contribution >= 4 is 57.9 Å². The van der Waals surface area contributed by atoms with E-state index in [1.807, 2.05) is 0 Å². The number of carboxylic acids is 1. The van der Waals surface area contributed by atoms with Crippen LogP contribution in [0.2, 0.25) is 0 Å². The van der Waals surface area contributed by atoms with Gasteiger partial charge in [0, 0.05) is 17.3 Å². The Morgan fingerprint density at radius 1 is 1.39 bits per heavy atom. The van der Waals surface area contributed by atoms with E-state index in [0.717, 1.165) is 16.4 Å². The molecule has 15 heteroatoms. The monoisotopic (exact) mass is 498 g/mol. The summed E-state index contributed by atoms with van der Waals surface area (Å²) in [6.07, 6.45) is 0.279. The van der Waals surface area contributed by atoms with E-state index >= 15 is 0 Å². The second-order valence-electron chi connectivity index (χ2n) is 7.96. The lowest BCUT2D eigenvalue weighted by Crippen LogP contribution is -2.70. The standard InChI is InChI=1S/C18H22N6O7S2/c1-7(16(29)30-18(2,3)4)31-22-9(11-21-17(19)33-23-11)12(25)20-10-13(26)24-8(15(27)28)5-6-32-14(10)24/h5,7,10,14H,6H2,1-4H3,(H,20,25)(H,27,28)(H2,19,21,23)/b22-9+. The lowest BCUT2D eigenvalue weighted by atomic mass is 10.0. The molecule has 3 atom stereocenters. The maximum Gasteiger partial charge on any atom is 0.352 e. The van der Waals surface area contributed by atoms with Crippen LogP contribution in [0.15, 0.2) is 16.9 Å². The summed E-state index contributed by atoms with van der Waals surface area (Å²) in [4.78, 5) is 59.1. The Bertz CT molecular complexity index is 1050. The Morgan fingerprint density at radius 2 is 2.09 bits per heavy atom. The average Bonchev–Trinajstić information content (AvgIpc) is 3.15. The van der Waals surface area contributed by atoms with E-state index in [1.54, 1.807) is 20.8 Å². The van der Waals surface area contributed by atoms with Crippen LogP contribution in [0.25, 0.3) is 0 Å². The summed E-state index contributed by atoms with van der Waals surface area (Å²) in [6, 6.07) is -0.991. The van der Waals surface area contributed by atoms with Gasteiger partial charge in [-0.05, 0) is 33.8 Å². The van der Waals surface area contributed by atoms with E-state index in [2.05, 4.69) is 19.8 Å². The van der Waals surface area contributed by atoms with Crippen LogP contribution in [0.4, 0.5) is 5.13 Å². The zero-order chi connectivity index (χ0) is 24.5. The van der Waals surface area contributed by atoms with Crippen molar-refractivity contribution in [2.24, 2.45) is 5.16 Å². The molecule has 2 aliphatic heterocycles. The minimum Gasteiger partial charge on any atom is -0.477 e. The maximum absolute atomic E-state index is 12.9. The highest BCUT2D eigenvalue weighted by molar-refractivity contribution is 8.00. The quantitative estimate of drug-likeness (QED) is 0.198. The number of β-lactam (4-membered cyclic amide) rings is 1. The molecule has 3 rings (SSSR count). The number of aromatic nitrogens is 2. The number of thioether (sulfide) groups is 1. The molecule has 0 aliphatic carbocycles. The number of hydrogen-bond acceptors (Lipinski definition) is 12. The lowest BCUT2D eigenvalue weighted by molar-refractivity contribution is -0.167. The Hall–Kier alpha value is -3.20. The molecule has 33 heavy (non-hydrogen) atoms. The third-order valence-electron chi connectivity index (χ3n) is 4.26. The van der Waals surface area contributed by atoms with Gasteiger partial charge in [0.05, 0.1) is 0 Å². The fraction of sp³-hybridized carbons (Fsp3) is 0.500. The number of rotatable bonds is 7. The number of nitrogens with zero attached hydrogens (tertiary/aromatic N) is 4. The molecule has 13 nitrogen and oxygen atoms in total. The molecule has 0 spiro atoms. The van der Waals surface area contributed by atoms with Crippen LogP contribution in [0.5, 0.6) is 0 Å². The molecule has 178 valence electrons. The number of carboxylic acid groups (broad SMARTS) is 1. The largest absolute Gasteiger partial charge is 0.477 e. The molecule has 2 amide bonds. The van der Waals surface area contributed by atoms with E-state index in [4.69, 9.17) is 15.3 Å². The predicted octanol–water partition coefficient (Wildman–Crippen LogP) is -0.0604. The summed E-state index contributed by atoms with van der Waals surface area (Å²) in [5, 5.41) is 15.0. The van der Waals surface area contributed by atoms with E-state index < -0.39 is 52.6 Å². The Morgan fingerprint density at radius 3 is 2.67 bits per heavy atom. The Labute approximate surface area is 196 Å². The van der Waals surface area contributed by atoms with Gasteiger partial charge < -0.3 is 25.7 Å². The minimum absolute atomic E-state index is 0.0654. The molecule has 1 saturated heterocycles. The minimum atomic E-state index is -1.23. The first-order valence-corrected chi connectivity index (χ1v) is 11.5. The van der Waals surface area contributed by atoms with Gasteiger partial charge in [-0.2, -0.15) is 9.36 Å². The number of hydrogen-bond donors (Lipinski definition) is 3. The molecule has 3 heterocycles. The fourth-order valence-corrected chi connectivity index (χ4v) is 4.45. The highest BCUT2D eigenvalue weighted by Crippen LogP contribution is 2.37. The van der Waals surface area contributed by atoms with Crippen molar-refractivity contribution in [2.45, 2.75) is 50.8 Å². The van der Waals surface area contributed by atoms with Gasteiger partial charge in [0.15, 0.2) is 5.13 Å². The number of nitrogen functional groups attached to an aromatic ring is 1. The molecule has 0 aromatic carbocycles. The number of nitrogens with two attached hydrogens (primary N) is 1. The molecular weight excluding hydrogens is 476 g/mol. The van der Waals surface area contributed by atoms with E-state index in [1.165, 1.54) is 24.8 Å². The first kappa shape index (κ1) is 24.4. The van der Waals surface area contributed by atoms with E-state index in [-0.39, 0.29) is 16.7 Å². The SMILES string of the molecule is CC(O/N=C(/C(=O)NC1C(=O)N2C(C(=O)O)=CCSC12)c1nsc(N)n1)C(=O)OC(C)(C)C. The number of aliphatic carboxylic acids is 1. The average molecular weight is 499 g/mol. The zero-order valence-corrected chi connectivity index (χ0v) is 19.7. The van der Waals surface area contributed by atoms with Crippen LogP contribution in [-0.4, -0.2) is 77.7 Å². The van der Waals surface area contributed by atoms with Gasteiger partial charge in [0.25, 0.3) is 11.8 Å². The van der Waals surface area contributed by atoms with Crippen LogP contribution in [-0.2, 0) is 28.8 Å². The lowest BCUT2D eigenvalue weighted by Gasteiger charge is -2.48. The smallest absolute Gasteiger partial charge is 0.352 e. The zero-order valence-electron chi connectivity index (χ0n) is 18.1. The number of ether oxygens (including phenoxy) is 1. The molecule has 0 bridgehead atoms. The number of nitrogens with one attached hydrogen (secondary N) is 1. The van der Waals surface area contributed by atoms with Crippen molar-refractivity contribution in [3.05, 3.63) is 17.6 Å². The first-order chi connectivity index (χ1) is 15.4. The molecule has 0 saturated carbocycles. The Kier molecular flexibility index (Phi) is 6.92. The van der Waals surface area contributed by atoms with Crippen molar-refractivity contribution in [3.63, 3.8) is 0 Å². The molecule has 1 aromatic rings. The molecular formula is C18H22N6O7S2. The molecule has 0 radical (unpaired) electrons. The van der Waals surface area contributed by atoms with Crippen LogP contribution < -0.4 is 11.1 Å². The molecule has 1 fully saturated rings. The van der Waals surface area contributed by atoms with Crippen LogP contribution in [0, 0.1) is 0 Å². The maximum atomic E-state index is 12.9. The first-order valence-electron chi connectivity index (χ1n) is 9.64. The number of amides is 2. The van der Waals surface area contributed by atoms with Gasteiger partial charge in [0.2, 0.25) is 17.6 Å². The highest BCUT2D eigenvalue weighted by atomic mass is 32.2. The van der Waals surface area contributed by atoms with Gasteiger partial charge in [-0.25, -0.2) is 9.59 Å². The number of fused-ring (bicyclic) bond motifs is 1. The van der Waals surface area contributed by atoms with Crippen molar-refractivity contribution in [1.82, 2.24) is 19.6 Å². The van der Waals surface area contributed by atoms with E-state index in [9.17, 15) is 24.3 Å². The molecule has 4 N–H and O–H groups in total. The normalized spacial score (nSPS) is 21.3. The van der Waals surface area contributed by atoms with Crippen molar-refractivity contribution < 1.29 is 33.9 Å². The van der Waals surface area contributed by atoms with Gasteiger partial charge in [0.1, 0.15) is 22.7 Å². The predicted molar refractivity (Wildman–Crippen MR) is 118 cm³/mol. The second kappa shape index (κ2) is 9.35. The summed E-state index contributed by atoms with van der Waals surface area (Å²) in [5.74, 6) is -3.15. The summed E-state index contributed by atoms with van der Waals surface area (Å²) in [7, 11) is 0. The van der Waals surface area contributed by atoms with Crippen LogP contribution in [0.3, 0.4) is 0 Å². The summed E-state index contributed by atoms with van der Waals surface area (Å²) < 4.78 is 9.14. The number of anilines is 1.